The molecule has 0 spiro atoms. The third-order valence-corrected chi connectivity index (χ3v) is 6.12. The summed E-state index contributed by atoms with van der Waals surface area (Å²) in [7, 11) is 1.55. The molecule has 1 aliphatic carbocycles. The van der Waals surface area contributed by atoms with Gasteiger partial charge in [0.15, 0.2) is 5.69 Å². The van der Waals surface area contributed by atoms with Crippen LogP contribution in [0.15, 0.2) is 36.5 Å². The van der Waals surface area contributed by atoms with E-state index in [0.29, 0.717) is 30.7 Å². The number of aromatic amines is 1. The molecule has 2 aromatic heterocycles. The summed E-state index contributed by atoms with van der Waals surface area (Å²) in [5.74, 6) is 0.279. The minimum atomic E-state index is -0.318. The van der Waals surface area contributed by atoms with Crippen molar-refractivity contribution < 1.29 is 14.3 Å². The van der Waals surface area contributed by atoms with Gasteiger partial charge in [0.2, 0.25) is 0 Å². The zero-order valence-corrected chi connectivity index (χ0v) is 16.3. The molecule has 2 amide bonds. The molecule has 2 aliphatic rings. The highest BCUT2D eigenvalue weighted by atomic mass is 16.5. The number of carbonyl (C=O) groups excluding carboxylic acids is 2. The molecular formula is C21H23N5O3. The Bertz CT molecular complexity index is 1090. The number of nitrogens with one attached hydrogen (secondary N) is 3. The Morgan fingerprint density at radius 2 is 2.03 bits per heavy atom. The van der Waals surface area contributed by atoms with Gasteiger partial charge in [0.05, 0.1) is 19.3 Å². The number of amides is 2. The topological polar surface area (TPSA) is 101 Å². The van der Waals surface area contributed by atoms with Crippen molar-refractivity contribution >= 4 is 22.7 Å². The minimum absolute atomic E-state index is 0.145. The average Bonchev–Trinajstić information content (AvgIpc) is 3.27. The Kier molecular flexibility index (Phi) is 4.16. The van der Waals surface area contributed by atoms with Crippen molar-refractivity contribution in [2.75, 3.05) is 20.3 Å². The first-order valence-electron chi connectivity index (χ1n) is 9.84. The highest BCUT2D eigenvalue weighted by Gasteiger charge is 2.55. The molecule has 2 fully saturated rings. The zero-order chi connectivity index (χ0) is 20.1. The number of hydrogen-bond acceptors (Lipinski definition) is 4. The predicted octanol–water partition coefficient (Wildman–Crippen LogP) is 1.71. The number of aromatic nitrogens is 3. The largest absolute Gasteiger partial charge is 0.381 e. The molecule has 1 saturated heterocycles. The molecule has 150 valence electrons. The van der Waals surface area contributed by atoms with Gasteiger partial charge in [-0.05, 0) is 24.6 Å². The molecule has 5 rings (SSSR count). The first kappa shape index (κ1) is 17.9. The maximum atomic E-state index is 13.1. The monoisotopic (exact) mass is 393 g/mol. The van der Waals surface area contributed by atoms with Crippen LogP contribution < -0.4 is 10.6 Å². The van der Waals surface area contributed by atoms with E-state index in [0.717, 1.165) is 16.5 Å². The smallest absolute Gasteiger partial charge is 0.271 e. The van der Waals surface area contributed by atoms with E-state index >= 15 is 0 Å². The molecule has 1 aromatic carbocycles. The molecule has 3 heterocycles. The number of rotatable bonds is 5. The second kappa shape index (κ2) is 6.73. The molecule has 1 saturated carbocycles. The summed E-state index contributed by atoms with van der Waals surface area (Å²) in [4.78, 5) is 28.5. The molecule has 8 heteroatoms. The molecule has 3 N–H and O–H groups in total. The Hall–Kier alpha value is -3.13. The fourth-order valence-corrected chi connectivity index (χ4v) is 4.38. The number of carbonyl (C=O) groups is 2. The lowest BCUT2D eigenvalue weighted by atomic mass is 10.0. The predicted molar refractivity (Wildman–Crippen MR) is 107 cm³/mol. The minimum Gasteiger partial charge on any atom is -0.381 e. The fourth-order valence-electron chi connectivity index (χ4n) is 4.38. The third-order valence-electron chi connectivity index (χ3n) is 6.12. The van der Waals surface area contributed by atoms with Crippen LogP contribution in [0.2, 0.25) is 0 Å². The van der Waals surface area contributed by atoms with E-state index in [1.807, 2.05) is 37.4 Å². The summed E-state index contributed by atoms with van der Waals surface area (Å²) in [6.07, 6.45) is 1.89. The van der Waals surface area contributed by atoms with Crippen LogP contribution in [0.3, 0.4) is 0 Å². The molecule has 1 unspecified atom stereocenters. The van der Waals surface area contributed by atoms with Gasteiger partial charge in [-0.15, -0.1) is 0 Å². The quantitative estimate of drug-likeness (QED) is 0.614. The lowest BCUT2D eigenvalue weighted by Crippen LogP contribution is -2.32. The number of hydrogen-bond donors (Lipinski definition) is 3. The fraction of sp³-hybridized carbons (Fsp3) is 0.381. The Morgan fingerprint density at radius 3 is 2.79 bits per heavy atom. The summed E-state index contributed by atoms with van der Waals surface area (Å²) in [5, 5.41) is 11.2. The van der Waals surface area contributed by atoms with Crippen molar-refractivity contribution in [1.29, 1.82) is 0 Å². The summed E-state index contributed by atoms with van der Waals surface area (Å²) in [5.41, 5.74) is 2.66. The zero-order valence-electron chi connectivity index (χ0n) is 16.3. The summed E-state index contributed by atoms with van der Waals surface area (Å²) < 4.78 is 7.05. The SMILES string of the molecule is CNC(=O)c1cc(C(=O)NC2[C@H]3COC[C@@H]23)n([C@H](C)c2cccc3[nH]ccc23)n1. The van der Waals surface area contributed by atoms with E-state index in [4.69, 9.17) is 4.74 Å². The van der Waals surface area contributed by atoms with Gasteiger partial charge in [0.1, 0.15) is 5.69 Å². The second-order valence-corrected chi connectivity index (χ2v) is 7.77. The maximum Gasteiger partial charge on any atom is 0.271 e. The van der Waals surface area contributed by atoms with E-state index in [9.17, 15) is 9.59 Å². The van der Waals surface area contributed by atoms with Gasteiger partial charge in [0.25, 0.3) is 11.8 Å². The van der Waals surface area contributed by atoms with Crippen LogP contribution in [-0.2, 0) is 4.74 Å². The van der Waals surface area contributed by atoms with Gasteiger partial charge < -0.3 is 20.4 Å². The summed E-state index contributed by atoms with van der Waals surface area (Å²) in [6.45, 7) is 3.38. The van der Waals surface area contributed by atoms with Gasteiger partial charge in [-0.2, -0.15) is 5.10 Å². The van der Waals surface area contributed by atoms with Gasteiger partial charge >= 0.3 is 0 Å². The standard InChI is InChI=1S/C21H23N5O3/c1-11(12-4-3-5-16-13(12)6-7-23-16)26-18(8-17(25-26)20(27)22-2)21(28)24-19-14-9-29-10-15(14)19/h3-8,11,14-15,19,23H,9-10H2,1-2H3,(H,22,27)(H,24,28)/t11-,14-,15+,19?/m1/s1. The van der Waals surface area contributed by atoms with Gasteiger partial charge in [0, 0.05) is 48.1 Å². The number of nitrogens with zero attached hydrogens (tertiary/aromatic N) is 2. The van der Waals surface area contributed by atoms with E-state index in [2.05, 4.69) is 20.7 Å². The maximum absolute atomic E-state index is 13.1. The van der Waals surface area contributed by atoms with Crippen molar-refractivity contribution in [1.82, 2.24) is 25.4 Å². The van der Waals surface area contributed by atoms with Crippen molar-refractivity contribution in [2.24, 2.45) is 11.8 Å². The van der Waals surface area contributed by atoms with Crippen LogP contribution in [-0.4, -0.2) is 52.9 Å². The van der Waals surface area contributed by atoms with Crippen molar-refractivity contribution in [2.45, 2.75) is 19.0 Å². The number of H-pyrrole nitrogens is 1. The highest BCUT2D eigenvalue weighted by molar-refractivity contribution is 5.98. The van der Waals surface area contributed by atoms with E-state index in [-0.39, 0.29) is 29.6 Å². The van der Waals surface area contributed by atoms with Crippen LogP contribution >= 0.6 is 0 Å². The van der Waals surface area contributed by atoms with Crippen LogP contribution in [0.5, 0.6) is 0 Å². The first-order valence-corrected chi connectivity index (χ1v) is 9.84. The molecule has 0 radical (unpaired) electrons. The molecule has 3 aromatic rings. The molecule has 4 atom stereocenters. The second-order valence-electron chi connectivity index (χ2n) is 7.77. The van der Waals surface area contributed by atoms with E-state index in [1.165, 1.54) is 0 Å². The normalized spacial score (nSPS) is 23.6. The Morgan fingerprint density at radius 1 is 1.24 bits per heavy atom. The Balaban J connectivity index is 1.50. The van der Waals surface area contributed by atoms with Crippen molar-refractivity contribution in [3.8, 4) is 0 Å². The highest BCUT2D eigenvalue weighted by Crippen LogP contribution is 2.44. The molecule has 1 aliphatic heterocycles. The van der Waals surface area contributed by atoms with Crippen LogP contribution in [0.1, 0.15) is 39.5 Å². The van der Waals surface area contributed by atoms with E-state index < -0.39 is 0 Å². The number of ether oxygens (including phenoxy) is 1. The molecule has 29 heavy (non-hydrogen) atoms. The lowest BCUT2D eigenvalue weighted by Gasteiger charge is -2.17. The number of benzene rings is 1. The van der Waals surface area contributed by atoms with E-state index in [1.54, 1.807) is 17.8 Å². The van der Waals surface area contributed by atoms with Crippen molar-refractivity contribution in [3.05, 3.63) is 53.5 Å². The van der Waals surface area contributed by atoms with Gasteiger partial charge in [-0.3, -0.25) is 14.3 Å². The van der Waals surface area contributed by atoms with Crippen LogP contribution in [0.25, 0.3) is 10.9 Å². The third kappa shape index (κ3) is 2.91. The first-order chi connectivity index (χ1) is 14.1. The average molecular weight is 393 g/mol. The molecular weight excluding hydrogens is 370 g/mol. The number of fused-ring (bicyclic) bond motifs is 2. The van der Waals surface area contributed by atoms with Crippen LogP contribution in [0, 0.1) is 11.8 Å². The molecule has 0 bridgehead atoms. The Labute approximate surface area is 167 Å². The van der Waals surface area contributed by atoms with Crippen molar-refractivity contribution in [3.63, 3.8) is 0 Å². The van der Waals surface area contributed by atoms with Crippen LogP contribution in [0.4, 0.5) is 0 Å². The summed E-state index contributed by atoms with van der Waals surface area (Å²) in [6, 6.07) is 9.49. The molecule has 8 nitrogen and oxygen atoms in total. The lowest BCUT2D eigenvalue weighted by molar-refractivity contribution is 0.0915. The van der Waals surface area contributed by atoms with Gasteiger partial charge in [-0.1, -0.05) is 12.1 Å². The summed E-state index contributed by atoms with van der Waals surface area (Å²) >= 11 is 0. The van der Waals surface area contributed by atoms with Gasteiger partial charge in [-0.25, -0.2) is 0 Å².